The van der Waals surface area contributed by atoms with Crippen LogP contribution in [0.4, 0.5) is 11.6 Å². The van der Waals surface area contributed by atoms with Crippen LogP contribution < -0.4 is 15.4 Å². The van der Waals surface area contributed by atoms with Gasteiger partial charge in [-0.15, -0.1) is 0 Å². The highest BCUT2D eigenvalue weighted by Gasteiger charge is 2.26. The third-order valence-corrected chi connectivity index (χ3v) is 4.72. The Morgan fingerprint density at radius 2 is 2.07 bits per heavy atom. The van der Waals surface area contributed by atoms with Crippen LogP contribution in [-0.4, -0.2) is 39.1 Å². The maximum atomic E-state index is 12.3. The summed E-state index contributed by atoms with van der Waals surface area (Å²) >= 11 is 0. The molecule has 1 aliphatic heterocycles. The van der Waals surface area contributed by atoms with Gasteiger partial charge in [0, 0.05) is 36.6 Å². The predicted octanol–water partition coefficient (Wildman–Crippen LogP) is 2.45. The van der Waals surface area contributed by atoms with E-state index in [1.807, 2.05) is 26.0 Å². The van der Waals surface area contributed by atoms with Crippen molar-refractivity contribution in [3.63, 3.8) is 0 Å². The highest BCUT2D eigenvalue weighted by molar-refractivity contribution is 5.97. The normalized spacial score (nSPS) is 13.1. The van der Waals surface area contributed by atoms with Crippen molar-refractivity contribution in [3.05, 3.63) is 47.5 Å². The summed E-state index contributed by atoms with van der Waals surface area (Å²) in [6, 6.07) is 5.47. The smallest absolute Gasteiger partial charge is 0.268 e. The molecule has 0 bridgehead atoms. The Hall–Kier alpha value is -3.42. The molecule has 0 aromatic carbocycles. The first-order chi connectivity index (χ1) is 13.1. The van der Waals surface area contributed by atoms with Crippen molar-refractivity contribution >= 4 is 17.5 Å². The summed E-state index contributed by atoms with van der Waals surface area (Å²) in [5.41, 5.74) is 5.19. The van der Waals surface area contributed by atoms with Crippen LogP contribution in [0.2, 0.25) is 0 Å². The van der Waals surface area contributed by atoms with Gasteiger partial charge in [-0.3, -0.25) is 4.79 Å². The number of anilines is 2. The Kier molecular flexibility index (Phi) is 4.23. The van der Waals surface area contributed by atoms with Gasteiger partial charge >= 0.3 is 0 Å². The molecule has 4 rings (SSSR count). The summed E-state index contributed by atoms with van der Waals surface area (Å²) in [4.78, 5) is 25.4. The van der Waals surface area contributed by atoms with Crippen LogP contribution >= 0.6 is 0 Å². The van der Waals surface area contributed by atoms with E-state index in [0.717, 1.165) is 34.7 Å². The molecule has 0 atom stereocenters. The van der Waals surface area contributed by atoms with Crippen LogP contribution in [0.5, 0.6) is 5.88 Å². The number of rotatable bonds is 4. The van der Waals surface area contributed by atoms with Gasteiger partial charge in [0.25, 0.3) is 5.91 Å². The van der Waals surface area contributed by atoms with Gasteiger partial charge in [-0.05, 0) is 31.5 Å². The van der Waals surface area contributed by atoms with E-state index < -0.39 is 0 Å². The molecule has 27 heavy (non-hydrogen) atoms. The number of nitrogens with one attached hydrogen (secondary N) is 2. The molecule has 2 N–H and O–H groups in total. The fourth-order valence-corrected chi connectivity index (χ4v) is 3.47. The van der Waals surface area contributed by atoms with Gasteiger partial charge in [0.2, 0.25) is 11.8 Å². The second-order valence-electron chi connectivity index (χ2n) is 6.32. The van der Waals surface area contributed by atoms with E-state index >= 15 is 0 Å². The summed E-state index contributed by atoms with van der Waals surface area (Å²) < 4.78 is 7.13. The summed E-state index contributed by atoms with van der Waals surface area (Å²) in [5.74, 6) is 0.968. The molecular formula is C19H20N6O2. The average Bonchev–Trinajstić information content (AvgIpc) is 2.94. The van der Waals surface area contributed by atoms with Crippen molar-refractivity contribution in [1.82, 2.24) is 24.8 Å². The predicted molar refractivity (Wildman–Crippen MR) is 101 cm³/mol. The Balaban J connectivity index is 1.70. The monoisotopic (exact) mass is 364 g/mol. The molecule has 8 heteroatoms. The van der Waals surface area contributed by atoms with Gasteiger partial charge in [0.1, 0.15) is 5.69 Å². The highest BCUT2D eigenvalue weighted by atomic mass is 16.5. The first-order valence-corrected chi connectivity index (χ1v) is 8.67. The maximum absolute atomic E-state index is 12.3. The number of fused-ring (bicyclic) bond motifs is 1. The van der Waals surface area contributed by atoms with Crippen LogP contribution in [0, 0.1) is 13.8 Å². The van der Waals surface area contributed by atoms with E-state index in [1.165, 1.54) is 0 Å². The fourth-order valence-electron chi connectivity index (χ4n) is 3.47. The molecule has 0 saturated carbocycles. The number of methoxy groups -OCH3 is 1. The van der Waals surface area contributed by atoms with Crippen molar-refractivity contribution in [3.8, 4) is 17.1 Å². The number of carbonyl (C=O) groups is 1. The lowest BCUT2D eigenvalue weighted by molar-refractivity contribution is 0.0926. The number of hydrogen-bond donors (Lipinski definition) is 2. The topological polar surface area (TPSA) is 94.0 Å². The molecule has 1 amide bonds. The zero-order valence-corrected chi connectivity index (χ0v) is 15.4. The van der Waals surface area contributed by atoms with Crippen LogP contribution in [-0.2, 0) is 6.54 Å². The zero-order chi connectivity index (χ0) is 19.0. The quantitative estimate of drug-likeness (QED) is 0.739. The summed E-state index contributed by atoms with van der Waals surface area (Å²) in [6.45, 7) is 5.39. The molecule has 0 unspecified atom stereocenters. The van der Waals surface area contributed by atoms with E-state index in [0.29, 0.717) is 24.1 Å². The molecule has 0 spiro atoms. The first-order valence-electron chi connectivity index (χ1n) is 8.67. The van der Waals surface area contributed by atoms with Crippen LogP contribution in [0.3, 0.4) is 0 Å². The Bertz CT molecular complexity index is 1010. The molecule has 1 aliphatic rings. The van der Waals surface area contributed by atoms with Gasteiger partial charge in [0.15, 0.2) is 0 Å². The molecule has 4 heterocycles. The molecule has 0 fully saturated rings. The lowest BCUT2D eigenvalue weighted by atomic mass is 10.1. The molecule has 0 saturated heterocycles. The van der Waals surface area contributed by atoms with E-state index in [2.05, 4.69) is 30.2 Å². The fraction of sp³-hybridized carbons (Fsp3) is 0.263. The number of carbonyl (C=O) groups excluding carboxylic acids is 1. The summed E-state index contributed by atoms with van der Waals surface area (Å²) in [7, 11) is 1.57. The second kappa shape index (κ2) is 6.71. The molecule has 8 nitrogen and oxygen atoms in total. The van der Waals surface area contributed by atoms with Gasteiger partial charge in [-0.2, -0.15) is 0 Å². The van der Waals surface area contributed by atoms with Gasteiger partial charge in [0.05, 0.1) is 24.7 Å². The van der Waals surface area contributed by atoms with Crippen molar-refractivity contribution < 1.29 is 9.53 Å². The highest BCUT2D eigenvalue weighted by Crippen LogP contribution is 2.32. The van der Waals surface area contributed by atoms with E-state index in [1.54, 1.807) is 25.6 Å². The lowest BCUT2D eigenvalue weighted by Crippen LogP contribution is -2.35. The molecule has 3 aromatic rings. The van der Waals surface area contributed by atoms with Crippen molar-refractivity contribution in [1.29, 1.82) is 0 Å². The van der Waals surface area contributed by atoms with Crippen molar-refractivity contribution in [2.75, 3.05) is 19.0 Å². The van der Waals surface area contributed by atoms with E-state index in [-0.39, 0.29) is 5.91 Å². The molecule has 0 aliphatic carbocycles. The number of aromatic nitrogens is 4. The minimum Gasteiger partial charge on any atom is -0.481 e. The number of nitrogens with zero attached hydrogens (tertiary/aromatic N) is 4. The lowest BCUT2D eigenvalue weighted by Gasteiger charge is -2.17. The van der Waals surface area contributed by atoms with Crippen LogP contribution in [0.1, 0.15) is 21.7 Å². The molecule has 3 aromatic heterocycles. The average molecular weight is 364 g/mol. The first kappa shape index (κ1) is 17.0. The number of pyridine rings is 1. The number of hydrogen-bond acceptors (Lipinski definition) is 6. The summed E-state index contributed by atoms with van der Waals surface area (Å²) in [5, 5.41) is 6.05. The minimum atomic E-state index is -0.0372. The van der Waals surface area contributed by atoms with Crippen molar-refractivity contribution in [2.45, 2.75) is 20.4 Å². The minimum absolute atomic E-state index is 0.0372. The second-order valence-corrected chi connectivity index (χ2v) is 6.32. The number of ether oxygens (including phenoxy) is 1. The Morgan fingerprint density at radius 3 is 2.78 bits per heavy atom. The third-order valence-electron chi connectivity index (χ3n) is 4.72. The maximum Gasteiger partial charge on any atom is 0.268 e. The standard InChI is InChI=1S/C19H20N6O2/c1-11-16(12(2)25-9-8-20-18(26)17(11)25)14-6-7-21-19(24-14)23-13-4-5-15(27-3)22-10-13/h4-7,10H,8-9H2,1-3H3,(H,20,26)(H,21,23,24). The molecule has 0 radical (unpaired) electrons. The van der Waals surface area contributed by atoms with Crippen LogP contribution in [0.15, 0.2) is 30.6 Å². The van der Waals surface area contributed by atoms with Gasteiger partial charge < -0.3 is 19.9 Å². The summed E-state index contributed by atoms with van der Waals surface area (Å²) in [6.07, 6.45) is 3.37. The van der Waals surface area contributed by atoms with Crippen LogP contribution in [0.25, 0.3) is 11.3 Å². The molecular weight excluding hydrogens is 344 g/mol. The van der Waals surface area contributed by atoms with E-state index in [9.17, 15) is 4.79 Å². The third kappa shape index (κ3) is 2.99. The van der Waals surface area contributed by atoms with Crippen molar-refractivity contribution in [2.24, 2.45) is 0 Å². The van der Waals surface area contributed by atoms with E-state index in [4.69, 9.17) is 4.74 Å². The Morgan fingerprint density at radius 1 is 1.22 bits per heavy atom. The Labute approximate surface area is 156 Å². The van der Waals surface area contributed by atoms with Gasteiger partial charge in [-0.1, -0.05) is 0 Å². The molecule has 138 valence electrons. The zero-order valence-electron chi connectivity index (χ0n) is 15.4. The SMILES string of the molecule is COc1ccc(Nc2nccc(-c3c(C)c4n(c3C)CCNC4=O)n2)cn1. The van der Waals surface area contributed by atoms with Gasteiger partial charge in [-0.25, -0.2) is 15.0 Å². The largest absolute Gasteiger partial charge is 0.481 e. The number of amides is 1.